The molecule has 2 rings (SSSR count). The van der Waals surface area contributed by atoms with Gasteiger partial charge in [0.15, 0.2) is 0 Å². The zero-order chi connectivity index (χ0) is 15.2. The smallest absolute Gasteiger partial charge is 0.220 e. The van der Waals surface area contributed by atoms with Gasteiger partial charge in [-0.2, -0.15) is 0 Å². The van der Waals surface area contributed by atoms with Gasteiger partial charge in [-0.1, -0.05) is 0 Å². The van der Waals surface area contributed by atoms with Gasteiger partial charge in [0.05, 0.1) is 0 Å². The molecule has 0 unspecified atom stereocenters. The summed E-state index contributed by atoms with van der Waals surface area (Å²) in [6, 6.07) is 2.23. The van der Waals surface area contributed by atoms with Crippen molar-refractivity contribution in [2.24, 2.45) is 7.05 Å². The minimum absolute atomic E-state index is 0.113. The van der Waals surface area contributed by atoms with Crippen LogP contribution in [-0.4, -0.2) is 27.2 Å². The molecule has 0 atom stereocenters. The molecular formula is C15H22N4OS. The predicted octanol–water partition coefficient (Wildman–Crippen LogP) is 2.18. The van der Waals surface area contributed by atoms with Gasteiger partial charge in [-0.05, 0) is 38.3 Å². The highest BCUT2D eigenvalue weighted by Gasteiger charge is 2.06. The number of nitrogens with zero attached hydrogens (tertiary/aromatic N) is 3. The minimum Gasteiger partial charge on any atom is -0.356 e. The number of nitrogens with one attached hydrogen (secondary N) is 1. The molecule has 0 radical (unpaired) electrons. The molecule has 0 aliphatic carbocycles. The third-order valence-electron chi connectivity index (χ3n) is 3.47. The molecule has 0 fully saturated rings. The average molecular weight is 306 g/mol. The van der Waals surface area contributed by atoms with E-state index in [-0.39, 0.29) is 5.91 Å². The van der Waals surface area contributed by atoms with Crippen molar-refractivity contribution >= 4 is 17.2 Å². The molecule has 0 aliphatic heterocycles. The normalized spacial score (nSPS) is 10.8. The van der Waals surface area contributed by atoms with Crippen molar-refractivity contribution in [1.29, 1.82) is 0 Å². The van der Waals surface area contributed by atoms with Crippen LogP contribution in [0, 0.1) is 13.8 Å². The summed E-state index contributed by atoms with van der Waals surface area (Å²) in [5.74, 6) is 1.00. The number of carbonyl (C=O) groups is 1. The molecule has 2 aromatic rings. The number of hydrogen-bond donors (Lipinski definition) is 1. The Morgan fingerprint density at radius 1 is 1.38 bits per heavy atom. The van der Waals surface area contributed by atoms with Gasteiger partial charge >= 0.3 is 0 Å². The summed E-state index contributed by atoms with van der Waals surface area (Å²) in [5, 5.41) is 10.7. The highest BCUT2D eigenvalue weighted by Crippen LogP contribution is 2.22. The SMILES string of the molecule is Cc1cc(CCCC(=O)NCCc2nncn2C)c(C)s1. The molecule has 0 spiro atoms. The number of aromatic nitrogens is 3. The molecule has 1 N–H and O–H groups in total. The van der Waals surface area contributed by atoms with Crippen LogP contribution in [0.3, 0.4) is 0 Å². The van der Waals surface area contributed by atoms with Crippen molar-refractivity contribution in [2.45, 2.75) is 39.5 Å². The van der Waals surface area contributed by atoms with Crippen molar-refractivity contribution in [2.75, 3.05) is 6.54 Å². The van der Waals surface area contributed by atoms with Crippen molar-refractivity contribution in [1.82, 2.24) is 20.1 Å². The van der Waals surface area contributed by atoms with Crippen LogP contribution >= 0.6 is 11.3 Å². The van der Waals surface area contributed by atoms with Crippen molar-refractivity contribution in [3.05, 3.63) is 33.5 Å². The van der Waals surface area contributed by atoms with E-state index in [0.717, 1.165) is 18.7 Å². The standard InChI is InChI=1S/C15H22N4OS/c1-11-9-13(12(2)21-11)5-4-6-15(20)16-8-7-14-18-17-10-19(14)3/h9-10H,4-8H2,1-3H3,(H,16,20). The van der Waals surface area contributed by atoms with Crippen LogP contribution in [-0.2, 0) is 24.7 Å². The van der Waals surface area contributed by atoms with E-state index in [9.17, 15) is 4.79 Å². The van der Waals surface area contributed by atoms with Gasteiger partial charge in [0.1, 0.15) is 12.2 Å². The van der Waals surface area contributed by atoms with Crippen LogP contribution in [0.4, 0.5) is 0 Å². The summed E-state index contributed by atoms with van der Waals surface area (Å²) >= 11 is 1.83. The monoisotopic (exact) mass is 306 g/mol. The first-order valence-corrected chi connectivity index (χ1v) is 8.03. The summed E-state index contributed by atoms with van der Waals surface area (Å²) in [6.07, 6.45) is 4.83. The molecule has 0 bridgehead atoms. The van der Waals surface area contributed by atoms with E-state index < -0.39 is 0 Å². The Morgan fingerprint density at radius 3 is 2.81 bits per heavy atom. The fourth-order valence-corrected chi connectivity index (χ4v) is 3.28. The maximum Gasteiger partial charge on any atom is 0.220 e. The molecular weight excluding hydrogens is 284 g/mol. The first kappa shape index (κ1) is 15.7. The van der Waals surface area contributed by atoms with Gasteiger partial charge in [-0.15, -0.1) is 21.5 Å². The summed E-state index contributed by atoms with van der Waals surface area (Å²) in [5.41, 5.74) is 1.38. The molecule has 0 aromatic carbocycles. The van der Waals surface area contributed by atoms with E-state index in [1.807, 2.05) is 23.0 Å². The van der Waals surface area contributed by atoms with Crippen molar-refractivity contribution in [3.8, 4) is 0 Å². The van der Waals surface area contributed by atoms with Gasteiger partial charge in [0.2, 0.25) is 5.91 Å². The first-order chi connectivity index (χ1) is 10.1. The molecule has 21 heavy (non-hydrogen) atoms. The second-order valence-electron chi connectivity index (χ2n) is 5.25. The number of carbonyl (C=O) groups excluding carboxylic acids is 1. The maximum atomic E-state index is 11.8. The Kier molecular flexibility index (Phi) is 5.50. The number of thiophene rings is 1. The number of amides is 1. The lowest BCUT2D eigenvalue weighted by Gasteiger charge is -2.05. The summed E-state index contributed by atoms with van der Waals surface area (Å²) in [6.45, 7) is 4.89. The topological polar surface area (TPSA) is 59.8 Å². The van der Waals surface area contributed by atoms with Crippen LogP contribution in [0.2, 0.25) is 0 Å². The van der Waals surface area contributed by atoms with Crippen LogP contribution in [0.1, 0.15) is 34.0 Å². The molecule has 2 aromatic heterocycles. The third kappa shape index (κ3) is 4.67. The number of aryl methyl sites for hydroxylation is 4. The largest absolute Gasteiger partial charge is 0.356 e. The predicted molar refractivity (Wildman–Crippen MR) is 84.4 cm³/mol. The lowest BCUT2D eigenvalue weighted by Crippen LogP contribution is -2.26. The second-order valence-corrected chi connectivity index (χ2v) is 6.71. The minimum atomic E-state index is 0.113. The number of hydrogen-bond acceptors (Lipinski definition) is 4. The zero-order valence-electron chi connectivity index (χ0n) is 12.8. The highest BCUT2D eigenvalue weighted by atomic mass is 32.1. The molecule has 1 amide bonds. The molecule has 6 heteroatoms. The van der Waals surface area contributed by atoms with E-state index in [4.69, 9.17) is 0 Å². The number of rotatable bonds is 7. The van der Waals surface area contributed by atoms with E-state index in [0.29, 0.717) is 19.4 Å². The van der Waals surface area contributed by atoms with E-state index in [1.165, 1.54) is 15.3 Å². The lowest BCUT2D eigenvalue weighted by atomic mass is 10.1. The second kappa shape index (κ2) is 7.36. The highest BCUT2D eigenvalue weighted by molar-refractivity contribution is 7.12. The van der Waals surface area contributed by atoms with E-state index in [1.54, 1.807) is 6.33 Å². The molecule has 114 valence electrons. The van der Waals surface area contributed by atoms with Gasteiger partial charge in [-0.25, -0.2) is 0 Å². The quantitative estimate of drug-likeness (QED) is 0.853. The zero-order valence-corrected chi connectivity index (χ0v) is 13.7. The lowest BCUT2D eigenvalue weighted by molar-refractivity contribution is -0.121. The molecule has 5 nitrogen and oxygen atoms in total. The van der Waals surface area contributed by atoms with Gasteiger partial charge < -0.3 is 9.88 Å². The van der Waals surface area contributed by atoms with Crippen LogP contribution in [0.15, 0.2) is 12.4 Å². The van der Waals surface area contributed by atoms with Crippen LogP contribution in [0.25, 0.3) is 0 Å². The Balaban J connectivity index is 1.64. The first-order valence-electron chi connectivity index (χ1n) is 7.21. The Hall–Kier alpha value is -1.69. The van der Waals surface area contributed by atoms with Crippen molar-refractivity contribution in [3.63, 3.8) is 0 Å². The van der Waals surface area contributed by atoms with Gasteiger partial charge in [-0.3, -0.25) is 4.79 Å². The van der Waals surface area contributed by atoms with Crippen LogP contribution < -0.4 is 5.32 Å². The van der Waals surface area contributed by atoms with Crippen LogP contribution in [0.5, 0.6) is 0 Å². The third-order valence-corrected chi connectivity index (χ3v) is 4.48. The molecule has 0 aliphatic rings. The Morgan fingerprint density at radius 2 is 2.19 bits per heavy atom. The fraction of sp³-hybridized carbons (Fsp3) is 0.533. The summed E-state index contributed by atoms with van der Waals surface area (Å²) in [7, 11) is 1.91. The summed E-state index contributed by atoms with van der Waals surface area (Å²) < 4.78 is 1.87. The molecule has 0 saturated carbocycles. The van der Waals surface area contributed by atoms with Gasteiger partial charge in [0, 0.05) is 36.2 Å². The van der Waals surface area contributed by atoms with Crippen molar-refractivity contribution < 1.29 is 4.79 Å². The summed E-state index contributed by atoms with van der Waals surface area (Å²) in [4.78, 5) is 14.5. The Labute approximate surface area is 129 Å². The maximum absolute atomic E-state index is 11.8. The molecule has 0 saturated heterocycles. The fourth-order valence-electron chi connectivity index (χ4n) is 2.31. The van der Waals surface area contributed by atoms with E-state index in [2.05, 4.69) is 35.4 Å². The van der Waals surface area contributed by atoms with E-state index >= 15 is 0 Å². The Bertz CT molecular complexity index is 603. The average Bonchev–Trinajstić information content (AvgIpc) is 2.96. The molecule has 2 heterocycles. The van der Waals surface area contributed by atoms with Gasteiger partial charge in [0.25, 0.3) is 0 Å².